The predicted molar refractivity (Wildman–Crippen MR) is 69.5 cm³/mol. The van der Waals surface area contributed by atoms with Crippen molar-refractivity contribution in [2.45, 2.75) is 18.4 Å². The lowest BCUT2D eigenvalue weighted by Gasteiger charge is -2.39. The Morgan fingerprint density at radius 3 is 2.82 bits per heavy atom. The molecule has 17 heavy (non-hydrogen) atoms. The van der Waals surface area contributed by atoms with Crippen molar-refractivity contribution in [2.24, 2.45) is 5.92 Å². The van der Waals surface area contributed by atoms with Gasteiger partial charge in [0.05, 0.1) is 15.6 Å². The van der Waals surface area contributed by atoms with E-state index in [0.29, 0.717) is 16.0 Å². The number of hydrogen-bond donors (Lipinski definition) is 1. The van der Waals surface area contributed by atoms with Crippen molar-refractivity contribution in [3.8, 4) is 0 Å². The highest BCUT2D eigenvalue weighted by Gasteiger charge is 2.45. The van der Waals surface area contributed by atoms with Gasteiger partial charge in [0.1, 0.15) is 0 Å². The zero-order valence-electron chi connectivity index (χ0n) is 9.50. The SMILES string of the molecule is OC1(c2ccc(Cl)c(Cl)c2)CCN2CCC1C2. The summed E-state index contributed by atoms with van der Waals surface area (Å²) in [6.07, 6.45) is 1.85. The van der Waals surface area contributed by atoms with E-state index in [9.17, 15) is 5.11 Å². The molecule has 1 aromatic carbocycles. The number of rotatable bonds is 1. The molecule has 3 unspecified atom stereocenters. The Morgan fingerprint density at radius 2 is 2.06 bits per heavy atom. The second-order valence-electron chi connectivity index (χ2n) is 5.09. The van der Waals surface area contributed by atoms with E-state index in [2.05, 4.69) is 4.90 Å². The summed E-state index contributed by atoms with van der Waals surface area (Å²) in [5, 5.41) is 12.0. The molecule has 2 nitrogen and oxygen atoms in total. The minimum absolute atomic E-state index is 0.327. The topological polar surface area (TPSA) is 23.5 Å². The highest BCUT2D eigenvalue weighted by Crippen LogP contribution is 2.43. The van der Waals surface area contributed by atoms with Gasteiger partial charge >= 0.3 is 0 Å². The number of hydrogen-bond acceptors (Lipinski definition) is 2. The fraction of sp³-hybridized carbons (Fsp3) is 0.538. The first-order chi connectivity index (χ1) is 8.09. The largest absolute Gasteiger partial charge is 0.385 e. The molecule has 2 bridgehead atoms. The van der Waals surface area contributed by atoms with Crippen LogP contribution in [0, 0.1) is 5.92 Å². The van der Waals surface area contributed by atoms with E-state index in [4.69, 9.17) is 23.2 Å². The highest BCUT2D eigenvalue weighted by molar-refractivity contribution is 6.42. The second kappa shape index (κ2) is 4.13. The summed E-state index contributed by atoms with van der Waals surface area (Å²) in [5.74, 6) is 0.327. The summed E-state index contributed by atoms with van der Waals surface area (Å²) in [6, 6.07) is 5.50. The minimum atomic E-state index is -0.721. The van der Waals surface area contributed by atoms with Crippen molar-refractivity contribution in [2.75, 3.05) is 19.6 Å². The third-order valence-corrected chi connectivity index (χ3v) is 4.92. The van der Waals surface area contributed by atoms with Crippen molar-refractivity contribution in [1.29, 1.82) is 0 Å². The molecule has 0 radical (unpaired) electrons. The molecule has 1 N–H and O–H groups in total. The third kappa shape index (κ3) is 1.88. The van der Waals surface area contributed by atoms with Crippen molar-refractivity contribution < 1.29 is 5.11 Å². The van der Waals surface area contributed by atoms with Gasteiger partial charge in [-0.05, 0) is 37.1 Å². The van der Waals surface area contributed by atoms with E-state index in [1.54, 1.807) is 6.07 Å². The summed E-state index contributed by atoms with van der Waals surface area (Å²) in [7, 11) is 0. The number of aliphatic hydroxyl groups is 1. The lowest BCUT2D eigenvalue weighted by Crippen LogP contribution is -2.44. The van der Waals surface area contributed by atoms with Crippen LogP contribution in [-0.4, -0.2) is 29.6 Å². The quantitative estimate of drug-likeness (QED) is 0.849. The summed E-state index contributed by atoms with van der Waals surface area (Å²) >= 11 is 12.0. The summed E-state index contributed by atoms with van der Waals surface area (Å²) in [4.78, 5) is 2.41. The molecule has 2 heterocycles. The van der Waals surface area contributed by atoms with Crippen molar-refractivity contribution in [1.82, 2.24) is 4.90 Å². The maximum absolute atomic E-state index is 10.9. The standard InChI is InChI=1S/C13H15Cl2NO/c14-11-2-1-9(7-12(11)15)13(17)4-6-16-5-3-10(13)8-16/h1-2,7,10,17H,3-6,8H2. The minimum Gasteiger partial charge on any atom is -0.385 e. The maximum atomic E-state index is 10.9. The number of fused-ring (bicyclic) bond motifs is 2. The number of benzene rings is 1. The first-order valence-electron chi connectivity index (χ1n) is 6.00. The van der Waals surface area contributed by atoms with Gasteiger partial charge in [-0.25, -0.2) is 0 Å². The summed E-state index contributed by atoms with van der Waals surface area (Å²) in [6.45, 7) is 3.07. The van der Waals surface area contributed by atoms with Gasteiger partial charge in [-0.2, -0.15) is 0 Å². The number of nitrogens with zero attached hydrogens (tertiary/aromatic N) is 1. The second-order valence-corrected chi connectivity index (χ2v) is 5.90. The van der Waals surface area contributed by atoms with E-state index in [1.807, 2.05) is 12.1 Å². The van der Waals surface area contributed by atoms with Crippen molar-refractivity contribution >= 4 is 23.2 Å². The summed E-state index contributed by atoms with van der Waals surface area (Å²) in [5.41, 5.74) is 0.194. The Hall–Kier alpha value is -0.280. The Kier molecular flexibility index (Phi) is 2.86. The third-order valence-electron chi connectivity index (χ3n) is 4.18. The highest BCUT2D eigenvalue weighted by atomic mass is 35.5. The van der Waals surface area contributed by atoms with Crippen LogP contribution in [0.2, 0.25) is 10.0 Å². The average Bonchev–Trinajstić information content (AvgIpc) is 2.73. The van der Waals surface area contributed by atoms with E-state index < -0.39 is 5.60 Å². The zero-order chi connectivity index (χ0) is 12.0. The van der Waals surface area contributed by atoms with Gasteiger partial charge in [-0.1, -0.05) is 29.3 Å². The van der Waals surface area contributed by atoms with Crippen LogP contribution < -0.4 is 0 Å². The van der Waals surface area contributed by atoms with Crippen LogP contribution >= 0.6 is 23.2 Å². The van der Waals surface area contributed by atoms with Crippen LogP contribution in [-0.2, 0) is 5.60 Å². The Bertz CT molecular complexity index is 451. The molecular formula is C13H15Cl2NO. The van der Waals surface area contributed by atoms with Crippen LogP contribution in [0.1, 0.15) is 18.4 Å². The molecule has 3 rings (SSSR count). The van der Waals surface area contributed by atoms with E-state index in [1.165, 1.54) is 0 Å². The fourth-order valence-corrected chi connectivity index (χ4v) is 3.40. The Morgan fingerprint density at radius 1 is 1.24 bits per heavy atom. The molecular weight excluding hydrogens is 257 g/mol. The van der Waals surface area contributed by atoms with Gasteiger partial charge < -0.3 is 10.0 Å². The molecule has 0 amide bonds. The molecule has 2 aliphatic heterocycles. The molecule has 2 aliphatic rings. The first-order valence-corrected chi connectivity index (χ1v) is 6.75. The van der Waals surface area contributed by atoms with Gasteiger partial charge in [0.2, 0.25) is 0 Å². The van der Waals surface area contributed by atoms with Crippen LogP contribution in [0.25, 0.3) is 0 Å². The molecule has 92 valence electrons. The first kappa shape index (κ1) is 11.8. The lowest BCUT2D eigenvalue weighted by atomic mass is 9.77. The zero-order valence-corrected chi connectivity index (χ0v) is 11.0. The molecule has 3 atom stereocenters. The van der Waals surface area contributed by atoms with E-state index in [0.717, 1.165) is 38.0 Å². The molecule has 0 aromatic heterocycles. The summed E-state index contributed by atoms with van der Waals surface area (Å²) < 4.78 is 0. The number of halogens is 2. The smallest absolute Gasteiger partial charge is 0.0949 e. The predicted octanol–water partition coefficient (Wildman–Crippen LogP) is 2.91. The van der Waals surface area contributed by atoms with Crippen LogP contribution in [0.4, 0.5) is 0 Å². The van der Waals surface area contributed by atoms with Gasteiger partial charge in [-0.15, -0.1) is 0 Å². The van der Waals surface area contributed by atoms with Crippen LogP contribution in [0.15, 0.2) is 18.2 Å². The Balaban J connectivity index is 1.98. The van der Waals surface area contributed by atoms with Crippen LogP contribution in [0.5, 0.6) is 0 Å². The van der Waals surface area contributed by atoms with Crippen molar-refractivity contribution in [3.05, 3.63) is 33.8 Å². The van der Waals surface area contributed by atoms with Gasteiger partial charge in [0.25, 0.3) is 0 Å². The Labute approximate surface area is 111 Å². The van der Waals surface area contributed by atoms with Crippen molar-refractivity contribution in [3.63, 3.8) is 0 Å². The normalized spacial score (nSPS) is 36.2. The molecule has 1 aromatic rings. The van der Waals surface area contributed by atoms with E-state index in [-0.39, 0.29) is 0 Å². The number of piperidine rings is 1. The van der Waals surface area contributed by atoms with Gasteiger partial charge in [0, 0.05) is 19.0 Å². The lowest BCUT2D eigenvalue weighted by molar-refractivity contribution is -0.0502. The molecule has 0 aliphatic carbocycles. The molecule has 4 heteroatoms. The molecule has 2 fully saturated rings. The van der Waals surface area contributed by atoms with E-state index >= 15 is 0 Å². The molecule has 0 saturated carbocycles. The fourth-order valence-electron chi connectivity index (χ4n) is 3.10. The maximum Gasteiger partial charge on any atom is 0.0949 e. The van der Waals surface area contributed by atoms with Gasteiger partial charge in [-0.3, -0.25) is 0 Å². The average molecular weight is 272 g/mol. The molecule has 0 spiro atoms. The molecule has 2 saturated heterocycles. The monoisotopic (exact) mass is 271 g/mol. The van der Waals surface area contributed by atoms with Crippen LogP contribution in [0.3, 0.4) is 0 Å². The van der Waals surface area contributed by atoms with Gasteiger partial charge in [0.15, 0.2) is 0 Å².